The summed E-state index contributed by atoms with van der Waals surface area (Å²) in [5.41, 5.74) is 0.187. The number of aromatic hydroxyl groups is 2. The molecule has 2 heterocycles. The molecule has 2 aromatic heterocycles. The maximum Gasteiger partial charge on any atom is 3.00 e. The predicted molar refractivity (Wildman–Crippen MR) is 178 cm³/mol. The summed E-state index contributed by atoms with van der Waals surface area (Å²) in [4.78, 5) is 45.3. The van der Waals surface area contributed by atoms with Gasteiger partial charge in [-0.2, -0.15) is 0 Å². The van der Waals surface area contributed by atoms with E-state index in [0.29, 0.717) is 22.8 Å². The molecule has 51 heavy (non-hydrogen) atoms. The zero-order valence-electron chi connectivity index (χ0n) is 26.5. The summed E-state index contributed by atoms with van der Waals surface area (Å²) in [5.74, 6) is -0.565. The first-order valence-corrected chi connectivity index (χ1v) is 14.4. The Labute approximate surface area is 297 Å². The van der Waals surface area contributed by atoms with Crippen molar-refractivity contribution in [2.75, 3.05) is 0 Å². The molecule has 0 amide bonds. The van der Waals surface area contributed by atoms with Crippen molar-refractivity contribution in [1.29, 1.82) is 0 Å². The van der Waals surface area contributed by atoms with Gasteiger partial charge in [0.15, 0.2) is 0 Å². The van der Waals surface area contributed by atoms with E-state index in [1.165, 1.54) is 9.36 Å². The number of nitrogens with zero attached hydrogens (tertiary/aromatic N) is 10. The first kappa shape index (κ1) is 36.9. The van der Waals surface area contributed by atoms with Crippen molar-refractivity contribution >= 4 is 34.1 Å². The van der Waals surface area contributed by atoms with Gasteiger partial charge in [0.1, 0.15) is 34.2 Å². The molecule has 0 atom stereocenters. The topological polar surface area (TPSA) is 248 Å². The molecular weight excluding hydrogens is 704 g/mol. The van der Waals surface area contributed by atoms with E-state index in [-0.39, 0.29) is 63.0 Å². The van der Waals surface area contributed by atoms with Gasteiger partial charge in [-0.15, -0.1) is 31.8 Å². The van der Waals surface area contributed by atoms with Crippen LogP contribution in [0.3, 0.4) is 0 Å². The number of phenols is 2. The average Bonchev–Trinajstić information content (AvgIpc) is 3.56. The van der Waals surface area contributed by atoms with E-state index in [1.54, 1.807) is 62.4 Å². The second kappa shape index (κ2) is 16.0. The summed E-state index contributed by atoms with van der Waals surface area (Å²) in [7, 11) is 0. The molecule has 1 radical (unpaired) electrons. The fraction of sp³-hybridized carbons (Fsp3) is 0.0625. The second-order valence-corrected chi connectivity index (χ2v) is 10.2. The molecule has 2 N–H and O–H groups in total. The van der Waals surface area contributed by atoms with Crippen LogP contribution < -0.4 is 21.3 Å². The Bertz CT molecular complexity index is 2220. The third kappa shape index (κ3) is 8.37. The van der Waals surface area contributed by atoms with Crippen LogP contribution in [0.25, 0.3) is 11.4 Å². The van der Waals surface area contributed by atoms with Crippen LogP contribution in [-0.2, 0) is 17.4 Å². The van der Waals surface area contributed by atoms with Crippen molar-refractivity contribution in [2.24, 2.45) is 20.5 Å². The monoisotopic (exact) mass is 728 g/mol. The minimum absolute atomic E-state index is 0. The Morgan fingerprint density at radius 3 is 1.27 bits per heavy atom. The van der Waals surface area contributed by atoms with Crippen molar-refractivity contribution in [3.05, 3.63) is 149 Å². The molecule has 255 valence electrons. The first-order chi connectivity index (χ1) is 23.9. The van der Waals surface area contributed by atoms with Crippen molar-refractivity contribution < 1.29 is 37.4 Å². The molecule has 0 bridgehead atoms. The molecule has 0 saturated carbocycles. The van der Waals surface area contributed by atoms with E-state index < -0.39 is 21.0 Å². The summed E-state index contributed by atoms with van der Waals surface area (Å²) in [5, 5.41) is 64.5. The Balaban J connectivity index is 0.000000224. The fourth-order valence-corrected chi connectivity index (χ4v) is 4.33. The first-order valence-electron chi connectivity index (χ1n) is 14.4. The fourth-order valence-electron chi connectivity index (χ4n) is 4.33. The van der Waals surface area contributed by atoms with Gasteiger partial charge in [0.05, 0.1) is 9.85 Å². The second-order valence-electron chi connectivity index (χ2n) is 10.2. The molecule has 0 aliphatic rings. The summed E-state index contributed by atoms with van der Waals surface area (Å²) >= 11 is 0. The number of phenolic OH excluding ortho intramolecular Hbond substituents is 2. The van der Waals surface area contributed by atoms with Gasteiger partial charge in [-0.25, -0.2) is 0 Å². The number of hydrogen-bond acceptors (Lipinski definition) is 12. The molecule has 0 aliphatic heterocycles. The molecule has 0 spiro atoms. The van der Waals surface area contributed by atoms with Crippen LogP contribution in [0.5, 0.6) is 11.5 Å². The minimum atomic E-state index is -0.615. The van der Waals surface area contributed by atoms with Crippen LogP contribution >= 0.6 is 0 Å². The minimum Gasteiger partial charge on any atom is -0.589 e. The average molecular weight is 729 g/mol. The van der Waals surface area contributed by atoms with Crippen LogP contribution in [-0.4, -0.2) is 29.4 Å². The zero-order valence-corrected chi connectivity index (χ0v) is 27.7. The molecule has 6 rings (SSSR count). The van der Waals surface area contributed by atoms with Gasteiger partial charge in [0.25, 0.3) is 22.5 Å². The normalized spacial score (nSPS) is 10.9. The van der Waals surface area contributed by atoms with Crippen molar-refractivity contribution in [2.45, 2.75) is 13.8 Å². The Morgan fingerprint density at radius 1 is 0.588 bits per heavy atom. The number of nitro groups is 2. The van der Waals surface area contributed by atoms with Crippen LogP contribution in [0.15, 0.2) is 127 Å². The van der Waals surface area contributed by atoms with Crippen molar-refractivity contribution in [3.63, 3.8) is 0 Å². The Kier molecular flexibility index (Phi) is 11.5. The number of aryl methyl sites for hydroxylation is 2. The quantitative estimate of drug-likeness (QED) is 0.101. The maximum atomic E-state index is 12.4. The molecule has 0 saturated heterocycles. The van der Waals surface area contributed by atoms with E-state index in [2.05, 4.69) is 30.7 Å². The molecular formula is C32H24CrN10O8+. The maximum absolute atomic E-state index is 12.4. The Hall–Kier alpha value is -6.97. The van der Waals surface area contributed by atoms with E-state index >= 15 is 0 Å². The van der Waals surface area contributed by atoms with Gasteiger partial charge in [0.2, 0.25) is 0 Å². The van der Waals surface area contributed by atoms with E-state index in [0.717, 1.165) is 36.4 Å². The summed E-state index contributed by atoms with van der Waals surface area (Å²) in [6.07, 6.45) is 0. The van der Waals surface area contributed by atoms with Crippen LogP contribution in [0.4, 0.5) is 34.1 Å². The number of aromatic nitrogens is 4. The molecule has 0 fully saturated rings. The summed E-state index contributed by atoms with van der Waals surface area (Å²) < 4.78 is 2.38. The van der Waals surface area contributed by atoms with Gasteiger partial charge in [-0.3, -0.25) is 29.8 Å². The third-order valence-electron chi connectivity index (χ3n) is 6.83. The summed E-state index contributed by atoms with van der Waals surface area (Å²) in [6, 6.07) is 24.3. The van der Waals surface area contributed by atoms with Gasteiger partial charge in [-0.05, 0) is 36.4 Å². The van der Waals surface area contributed by atoms with Crippen molar-refractivity contribution in [3.8, 4) is 22.9 Å². The molecule has 0 aliphatic carbocycles. The van der Waals surface area contributed by atoms with Crippen LogP contribution in [0.2, 0.25) is 0 Å². The SMILES string of the molecule is Cc1[n-]n(-c2ccccc2)c(=O)c1N=Nc1cc([N+](=O)[O-])ccc1O.Cc1[n-]n(-c2ccccc2)c(=O)c1N=Nc1cc([N+](=O)[O-])ccc1O.[Cr+3]. The van der Waals surface area contributed by atoms with Gasteiger partial charge >= 0.3 is 17.4 Å². The number of nitro benzene ring substituents is 2. The van der Waals surface area contributed by atoms with E-state index in [1.807, 2.05) is 12.1 Å². The number of azo groups is 2. The number of non-ortho nitro benzene ring substituents is 2. The Morgan fingerprint density at radius 2 is 0.941 bits per heavy atom. The van der Waals surface area contributed by atoms with Crippen LogP contribution in [0, 0.1) is 34.1 Å². The van der Waals surface area contributed by atoms with Crippen LogP contribution in [0.1, 0.15) is 11.4 Å². The number of rotatable bonds is 8. The van der Waals surface area contributed by atoms with Gasteiger partial charge in [0, 0.05) is 35.6 Å². The van der Waals surface area contributed by atoms with E-state index in [4.69, 9.17) is 0 Å². The molecule has 0 unspecified atom stereocenters. The number of para-hydroxylation sites is 2. The summed E-state index contributed by atoms with van der Waals surface area (Å²) in [6.45, 7) is 3.20. The standard InChI is InChI=1S/2C16H13N5O4.Cr/c2*1-10-15(16(23)20(19-10)11-5-3-2-4-6-11)18-17-13-9-12(21(24)25)7-8-14(13)22;/h2*2-9H,1H3,(H2,17,18,19,22,23);/q;;+3/p-2. The molecule has 6 aromatic rings. The third-order valence-corrected chi connectivity index (χ3v) is 6.83. The molecule has 18 nitrogen and oxygen atoms in total. The number of benzene rings is 4. The molecule has 4 aromatic carbocycles. The zero-order chi connectivity index (χ0) is 35.9. The predicted octanol–water partition coefficient (Wildman–Crippen LogP) is 6.26. The number of hydrogen-bond donors (Lipinski definition) is 2. The van der Waals surface area contributed by atoms with Crippen molar-refractivity contribution in [1.82, 2.24) is 19.6 Å². The van der Waals surface area contributed by atoms with E-state index in [9.17, 15) is 40.0 Å². The molecule has 19 heteroatoms. The largest absolute Gasteiger partial charge is 3.00 e. The van der Waals surface area contributed by atoms with Gasteiger partial charge in [-0.1, -0.05) is 50.2 Å². The van der Waals surface area contributed by atoms with Gasteiger partial charge < -0.3 is 29.8 Å². The smallest absolute Gasteiger partial charge is 0.589 e.